The molecule has 0 saturated carbocycles. The van der Waals surface area contributed by atoms with Gasteiger partial charge in [0.2, 0.25) is 0 Å². The number of hydrogen-bond acceptors (Lipinski definition) is 2. The summed E-state index contributed by atoms with van der Waals surface area (Å²) in [7, 11) is 0.0568. The molecule has 0 aliphatic rings. The Morgan fingerprint density at radius 1 is 0.938 bits per heavy atom. The van der Waals surface area contributed by atoms with Gasteiger partial charge < -0.3 is 10.2 Å². The molecule has 16 heavy (non-hydrogen) atoms. The van der Waals surface area contributed by atoms with Crippen molar-refractivity contribution in [1.82, 2.24) is 0 Å². The molecule has 0 spiro atoms. The maximum Gasteiger partial charge on any atom is 0.166 e. The highest BCUT2D eigenvalue weighted by Crippen LogP contribution is 2.35. The van der Waals surface area contributed by atoms with Crippen LogP contribution in [0, 0.1) is 0 Å². The average molecular weight is 258 g/mol. The van der Waals surface area contributed by atoms with Crippen LogP contribution in [-0.4, -0.2) is 22.7 Å². The summed E-state index contributed by atoms with van der Waals surface area (Å²) in [5.74, 6) is 0.453. The second-order valence-corrected chi connectivity index (χ2v) is 5.67. The maximum atomic E-state index is 9.82. The Bertz CT molecular complexity index is 512. The molecule has 0 atom stereocenters. The number of phenols is 2. The Morgan fingerprint density at radius 3 is 2.25 bits per heavy atom. The van der Waals surface area contributed by atoms with Crippen molar-refractivity contribution in [3.05, 3.63) is 30.3 Å². The smallest absolute Gasteiger partial charge is 0.166 e. The van der Waals surface area contributed by atoms with Gasteiger partial charge in [-0.1, -0.05) is 12.1 Å². The molecule has 2 aromatic carbocycles. The lowest BCUT2D eigenvalue weighted by molar-refractivity contribution is 0.474. The number of phenolic OH excluding ortho intramolecular Hbond substituents is 2. The van der Waals surface area contributed by atoms with Crippen LogP contribution >= 0.6 is 12.4 Å². The topological polar surface area (TPSA) is 40.5 Å². The number of benzene rings is 2. The van der Waals surface area contributed by atoms with Crippen LogP contribution in [0.2, 0.25) is 0 Å². The summed E-state index contributed by atoms with van der Waals surface area (Å²) < 4.78 is 0. The van der Waals surface area contributed by atoms with Crippen LogP contribution in [0.25, 0.3) is 10.8 Å². The van der Waals surface area contributed by atoms with Gasteiger partial charge in [-0.05, 0) is 18.2 Å². The molecule has 2 aromatic rings. The predicted molar refractivity (Wildman–Crippen MR) is 72.0 cm³/mol. The Kier molecular flexibility index (Phi) is 3.94. The van der Waals surface area contributed by atoms with Crippen LogP contribution in [0.5, 0.6) is 11.5 Å². The molecule has 0 bridgehead atoms. The largest absolute Gasteiger partial charge is 0.507 e. The van der Waals surface area contributed by atoms with E-state index in [9.17, 15) is 10.2 Å². The first-order valence-corrected chi connectivity index (χ1v) is 6.66. The van der Waals surface area contributed by atoms with E-state index >= 15 is 0 Å². The number of halogens is 1. The summed E-state index contributed by atoms with van der Waals surface area (Å²) in [4.78, 5) is 1.08. The molecule has 0 unspecified atom stereocenters. The molecule has 0 heterocycles. The Balaban J connectivity index is 0.00000128. The minimum atomic E-state index is 0. The van der Waals surface area contributed by atoms with Gasteiger partial charge in [-0.15, -0.1) is 12.4 Å². The third kappa shape index (κ3) is 2.06. The summed E-state index contributed by atoms with van der Waals surface area (Å²) in [5, 5.41) is 21.0. The van der Waals surface area contributed by atoms with Gasteiger partial charge >= 0.3 is 0 Å². The first-order valence-electron chi connectivity index (χ1n) is 4.62. The van der Waals surface area contributed by atoms with E-state index in [-0.39, 0.29) is 34.8 Å². The van der Waals surface area contributed by atoms with E-state index in [0.717, 1.165) is 10.3 Å². The molecule has 0 amide bonds. The lowest BCUT2D eigenvalue weighted by atomic mass is 10.1. The predicted octanol–water partition coefficient (Wildman–Crippen LogP) is 2.91. The monoisotopic (exact) mass is 257 g/mol. The summed E-state index contributed by atoms with van der Waals surface area (Å²) in [6.07, 6.45) is 4.19. The number of hydrogen-bond donors (Lipinski definition) is 2. The quantitative estimate of drug-likeness (QED) is 0.772. The van der Waals surface area contributed by atoms with Crippen molar-refractivity contribution >= 4 is 34.1 Å². The standard InChI is InChI=1S/C12H12O2S.ClH/c1-15(2)11-7-6-9(13)8-4-3-5-10(14)12(8)11;/h3-7H,1-2H3,(H-,13,14);1H/p+1. The van der Waals surface area contributed by atoms with Crippen LogP contribution in [0.1, 0.15) is 0 Å². The van der Waals surface area contributed by atoms with E-state index in [1.807, 2.05) is 12.1 Å². The van der Waals surface area contributed by atoms with Crippen molar-refractivity contribution in [3.8, 4) is 11.5 Å². The molecule has 2 rings (SSSR count). The zero-order valence-corrected chi connectivity index (χ0v) is 10.7. The van der Waals surface area contributed by atoms with E-state index in [4.69, 9.17) is 0 Å². The van der Waals surface area contributed by atoms with Crippen molar-refractivity contribution in [1.29, 1.82) is 0 Å². The van der Waals surface area contributed by atoms with Crippen molar-refractivity contribution in [2.24, 2.45) is 0 Å². The van der Waals surface area contributed by atoms with Gasteiger partial charge in [0, 0.05) is 16.3 Å². The van der Waals surface area contributed by atoms with Gasteiger partial charge in [-0.25, -0.2) is 0 Å². The van der Waals surface area contributed by atoms with E-state index in [0.29, 0.717) is 5.39 Å². The summed E-state index contributed by atoms with van der Waals surface area (Å²) in [6.45, 7) is 0. The third-order valence-corrected chi connectivity index (χ3v) is 3.62. The molecule has 0 aliphatic heterocycles. The maximum absolute atomic E-state index is 9.82. The summed E-state index contributed by atoms with van der Waals surface area (Å²) in [6, 6.07) is 8.77. The molecule has 86 valence electrons. The zero-order chi connectivity index (χ0) is 11.0. The molecule has 2 nitrogen and oxygen atoms in total. The van der Waals surface area contributed by atoms with Crippen molar-refractivity contribution in [3.63, 3.8) is 0 Å². The second kappa shape index (κ2) is 4.85. The third-order valence-electron chi connectivity index (χ3n) is 2.40. The molecule has 0 fully saturated rings. The lowest BCUT2D eigenvalue weighted by Crippen LogP contribution is -1.96. The molecule has 0 aliphatic carbocycles. The summed E-state index contributed by atoms with van der Waals surface area (Å²) >= 11 is 0. The highest BCUT2D eigenvalue weighted by molar-refractivity contribution is 7.95. The van der Waals surface area contributed by atoms with Crippen molar-refractivity contribution in [2.45, 2.75) is 4.90 Å². The Morgan fingerprint density at radius 2 is 1.62 bits per heavy atom. The zero-order valence-electron chi connectivity index (χ0n) is 9.10. The van der Waals surface area contributed by atoms with Crippen LogP contribution in [0.3, 0.4) is 0 Å². The van der Waals surface area contributed by atoms with E-state index in [1.165, 1.54) is 0 Å². The first kappa shape index (κ1) is 13.0. The fraction of sp³-hybridized carbons (Fsp3) is 0.167. The molecular formula is C12H14ClO2S+. The van der Waals surface area contributed by atoms with Gasteiger partial charge in [0.05, 0.1) is 5.39 Å². The van der Waals surface area contributed by atoms with Gasteiger partial charge in [0.15, 0.2) is 4.90 Å². The molecule has 0 radical (unpaired) electrons. The fourth-order valence-corrected chi connectivity index (χ4v) is 2.64. The molecule has 2 N–H and O–H groups in total. The van der Waals surface area contributed by atoms with Gasteiger partial charge in [0.25, 0.3) is 0 Å². The van der Waals surface area contributed by atoms with Gasteiger partial charge in [-0.3, -0.25) is 0 Å². The molecule has 0 saturated heterocycles. The second-order valence-electron chi connectivity index (χ2n) is 3.60. The van der Waals surface area contributed by atoms with Gasteiger partial charge in [-0.2, -0.15) is 0 Å². The minimum absolute atomic E-state index is 0. The van der Waals surface area contributed by atoms with Gasteiger partial charge in [0.1, 0.15) is 24.0 Å². The van der Waals surface area contributed by atoms with Crippen LogP contribution < -0.4 is 0 Å². The average Bonchev–Trinajstić information content (AvgIpc) is 2.19. The SMILES string of the molecule is C[S+](C)c1ccc(O)c2cccc(O)c12.Cl. The van der Waals surface area contributed by atoms with Crippen molar-refractivity contribution < 1.29 is 10.2 Å². The van der Waals surface area contributed by atoms with E-state index in [1.54, 1.807) is 18.2 Å². The molecule has 0 aromatic heterocycles. The Labute approximate surface area is 104 Å². The molecule has 4 heteroatoms. The highest BCUT2D eigenvalue weighted by Gasteiger charge is 2.17. The number of fused-ring (bicyclic) bond motifs is 1. The van der Waals surface area contributed by atoms with Crippen molar-refractivity contribution in [2.75, 3.05) is 12.5 Å². The minimum Gasteiger partial charge on any atom is -0.507 e. The normalized spacial score (nSPS) is 10.4. The fourth-order valence-electron chi connectivity index (χ4n) is 1.68. The highest BCUT2D eigenvalue weighted by atomic mass is 35.5. The Hall–Kier alpha value is -1.06. The number of rotatable bonds is 1. The van der Waals surface area contributed by atoms with Crippen LogP contribution in [-0.2, 0) is 10.9 Å². The number of aromatic hydroxyl groups is 2. The van der Waals surface area contributed by atoms with E-state index in [2.05, 4.69) is 12.5 Å². The van der Waals surface area contributed by atoms with Crippen LogP contribution in [0.15, 0.2) is 35.2 Å². The van der Waals surface area contributed by atoms with Crippen LogP contribution in [0.4, 0.5) is 0 Å². The molecular weight excluding hydrogens is 244 g/mol. The first-order chi connectivity index (χ1) is 7.11. The summed E-state index contributed by atoms with van der Waals surface area (Å²) in [5.41, 5.74) is 0. The lowest BCUT2D eigenvalue weighted by Gasteiger charge is -2.06. The van der Waals surface area contributed by atoms with E-state index < -0.39 is 0 Å².